The topological polar surface area (TPSA) is 86.3 Å². The number of benzene rings is 1. The summed E-state index contributed by atoms with van der Waals surface area (Å²) >= 11 is 0. The van der Waals surface area contributed by atoms with Crippen LogP contribution >= 0.6 is 0 Å². The lowest BCUT2D eigenvalue weighted by Crippen LogP contribution is -2.38. The molecule has 1 amide bonds. The number of aromatic nitrogens is 4. The smallest absolute Gasteiger partial charge is 0.279 e. The zero-order valence-corrected chi connectivity index (χ0v) is 14.7. The van der Waals surface area contributed by atoms with Crippen LogP contribution in [0.4, 0.5) is 0 Å². The first-order chi connectivity index (χ1) is 12.7. The molecule has 1 aliphatic rings. The van der Waals surface area contributed by atoms with Gasteiger partial charge in [0.1, 0.15) is 6.61 Å². The molecule has 0 aliphatic carbocycles. The van der Waals surface area contributed by atoms with Gasteiger partial charge in [-0.25, -0.2) is 0 Å². The van der Waals surface area contributed by atoms with E-state index in [1.54, 1.807) is 4.90 Å². The molecule has 0 saturated carbocycles. The maximum Gasteiger partial charge on any atom is 0.279 e. The van der Waals surface area contributed by atoms with Crippen LogP contribution in [-0.2, 0) is 29.5 Å². The average Bonchev–Trinajstić information content (AvgIpc) is 3.27. The van der Waals surface area contributed by atoms with Crippen molar-refractivity contribution < 1.29 is 14.1 Å². The largest absolute Gasteiger partial charge is 0.375 e. The number of ether oxygens (including phenoxy) is 1. The first-order valence-electron chi connectivity index (χ1n) is 8.38. The molecule has 3 heterocycles. The first-order valence-corrected chi connectivity index (χ1v) is 8.38. The number of hydrogen-bond acceptors (Lipinski definition) is 6. The SMILES string of the molecule is COCC(=O)N1CCc2c(c(-c3nc(-c4ccccc4)no3)nn2C)C1. The number of rotatable bonds is 4. The van der Waals surface area contributed by atoms with Gasteiger partial charge in [0, 0.05) is 50.5 Å². The molecule has 0 fully saturated rings. The Balaban J connectivity index is 1.67. The molecule has 0 spiro atoms. The van der Waals surface area contributed by atoms with Crippen LogP contribution in [0.25, 0.3) is 23.0 Å². The summed E-state index contributed by atoms with van der Waals surface area (Å²) in [6.07, 6.45) is 0.730. The molecule has 0 bridgehead atoms. The first kappa shape index (κ1) is 16.5. The van der Waals surface area contributed by atoms with Crippen LogP contribution < -0.4 is 0 Å². The van der Waals surface area contributed by atoms with Gasteiger partial charge in [0.15, 0.2) is 5.69 Å². The van der Waals surface area contributed by atoms with Crippen molar-refractivity contribution in [3.8, 4) is 23.0 Å². The van der Waals surface area contributed by atoms with Crippen LogP contribution in [0.3, 0.4) is 0 Å². The number of nitrogens with zero attached hydrogens (tertiary/aromatic N) is 5. The third kappa shape index (κ3) is 2.88. The Kier molecular flexibility index (Phi) is 4.26. The van der Waals surface area contributed by atoms with Gasteiger partial charge in [-0.15, -0.1) is 0 Å². The lowest BCUT2D eigenvalue weighted by atomic mass is 10.0. The summed E-state index contributed by atoms with van der Waals surface area (Å²) in [6, 6.07) is 9.63. The van der Waals surface area contributed by atoms with Crippen molar-refractivity contribution in [3.05, 3.63) is 41.6 Å². The third-order valence-electron chi connectivity index (χ3n) is 4.52. The van der Waals surface area contributed by atoms with E-state index in [2.05, 4.69) is 15.2 Å². The van der Waals surface area contributed by atoms with Gasteiger partial charge in [-0.2, -0.15) is 10.1 Å². The zero-order valence-electron chi connectivity index (χ0n) is 14.7. The monoisotopic (exact) mass is 353 g/mol. The van der Waals surface area contributed by atoms with Crippen LogP contribution in [0.15, 0.2) is 34.9 Å². The lowest BCUT2D eigenvalue weighted by molar-refractivity contribution is -0.136. The summed E-state index contributed by atoms with van der Waals surface area (Å²) in [4.78, 5) is 18.4. The Bertz CT molecular complexity index is 932. The maximum atomic E-state index is 12.2. The second-order valence-corrected chi connectivity index (χ2v) is 6.18. The second kappa shape index (κ2) is 6.72. The van der Waals surface area contributed by atoms with Gasteiger partial charge in [0.2, 0.25) is 11.7 Å². The Hall–Kier alpha value is -3.00. The van der Waals surface area contributed by atoms with Crippen molar-refractivity contribution in [3.63, 3.8) is 0 Å². The summed E-state index contributed by atoms with van der Waals surface area (Å²) in [7, 11) is 3.41. The number of carbonyl (C=O) groups is 1. The second-order valence-electron chi connectivity index (χ2n) is 6.18. The standard InChI is InChI=1S/C18H19N5O3/c1-22-14-8-9-23(15(24)11-25-2)10-13(14)16(20-22)18-19-17(21-26-18)12-6-4-3-5-7-12/h3-7H,8-11H2,1-2H3. The predicted octanol–water partition coefficient (Wildman–Crippen LogP) is 1.67. The molecule has 0 N–H and O–H groups in total. The zero-order chi connectivity index (χ0) is 18.1. The summed E-state index contributed by atoms with van der Waals surface area (Å²) in [6.45, 7) is 1.18. The molecule has 2 aromatic heterocycles. The quantitative estimate of drug-likeness (QED) is 0.709. The van der Waals surface area contributed by atoms with Crippen molar-refractivity contribution in [1.82, 2.24) is 24.8 Å². The molecule has 134 valence electrons. The van der Waals surface area contributed by atoms with Crippen LogP contribution in [0.2, 0.25) is 0 Å². The Morgan fingerprint density at radius 3 is 2.88 bits per heavy atom. The fraction of sp³-hybridized carbons (Fsp3) is 0.333. The Labute approximate surface area is 150 Å². The highest BCUT2D eigenvalue weighted by Crippen LogP contribution is 2.30. The van der Waals surface area contributed by atoms with E-state index < -0.39 is 0 Å². The van der Waals surface area contributed by atoms with Crippen LogP contribution in [0, 0.1) is 0 Å². The summed E-state index contributed by atoms with van der Waals surface area (Å²) < 4.78 is 12.3. The maximum absolute atomic E-state index is 12.2. The van der Waals surface area contributed by atoms with Crippen molar-refractivity contribution >= 4 is 5.91 Å². The summed E-state index contributed by atoms with van der Waals surface area (Å²) in [5.74, 6) is 0.841. The highest BCUT2D eigenvalue weighted by atomic mass is 16.5. The fourth-order valence-corrected chi connectivity index (χ4v) is 3.22. The minimum absolute atomic E-state index is 0.0385. The molecule has 0 radical (unpaired) electrons. The predicted molar refractivity (Wildman–Crippen MR) is 92.9 cm³/mol. The molecule has 0 atom stereocenters. The lowest BCUT2D eigenvalue weighted by Gasteiger charge is -2.27. The van der Waals surface area contributed by atoms with Gasteiger partial charge in [-0.1, -0.05) is 35.5 Å². The number of hydrogen-bond donors (Lipinski definition) is 0. The number of methoxy groups -OCH3 is 1. The number of amides is 1. The highest BCUT2D eigenvalue weighted by Gasteiger charge is 2.29. The minimum Gasteiger partial charge on any atom is -0.375 e. The number of fused-ring (bicyclic) bond motifs is 1. The molecule has 8 nitrogen and oxygen atoms in total. The highest BCUT2D eigenvalue weighted by molar-refractivity contribution is 5.78. The molecule has 0 unspecified atom stereocenters. The van der Waals surface area contributed by atoms with E-state index in [0.717, 1.165) is 23.2 Å². The van der Waals surface area contributed by atoms with Gasteiger partial charge < -0.3 is 14.2 Å². The van der Waals surface area contributed by atoms with Gasteiger partial charge >= 0.3 is 0 Å². The molecule has 8 heteroatoms. The van der Waals surface area contributed by atoms with E-state index in [1.165, 1.54) is 7.11 Å². The van der Waals surface area contributed by atoms with Crippen molar-refractivity contribution in [2.24, 2.45) is 7.05 Å². The number of carbonyl (C=O) groups excluding carboxylic acids is 1. The molecule has 3 aromatic rings. The normalized spacial score (nSPS) is 13.7. The third-order valence-corrected chi connectivity index (χ3v) is 4.52. The van der Waals surface area contributed by atoms with E-state index in [9.17, 15) is 4.79 Å². The van der Waals surface area contributed by atoms with Crippen LogP contribution in [-0.4, -0.2) is 51.0 Å². The molecular weight excluding hydrogens is 334 g/mol. The van der Waals surface area contributed by atoms with Crippen molar-refractivity contribution in [1.29, 1.82) is 0 Å². The summed E-state index contributed by atoms with van der Waals surface area (Å²) in [5, 5.41) is 8.63. The van der Waals surface area contributed by atoms with E-state index in [0.29, 0.717) is 30.5 Å². The van der Waals surface area contributed by atoms with Crippen molar-refractivity contribution in [2.75, 3.05) is 20.3 Å². The van der Waals surface area contributed by atoms with Gasteiger partial charge in [0.25, 0.3) is 5.89 Å². The Morgan fingerprint density at radius 1 is 1.31 bits per heavy atom. The van der Waals surface area contributed by atoms with E-state index in [4.69, 9.17) is 9.26 Å². The summed E-state index contributed by atoms with van der Waals surface area (Å²) in [5.41, 5.74) is 3.55. The molecular formula is C18H19N5O3. The average molecular weight is 353 g/mol. The van der Waals surface area contributed by atoms with Gasteiger partial charge in [-0.05, 0) is 0 Å². The Morgan fingerprint density at radius 2 is 2.12 bits per heavy atom. The number of aryl methyl sites for hydroxylation is 1. The fourth-order valence-electron chi connectivity index (χ4n) is 3.22. The molecule has 1 aliphatic heterocycles. The van der Waals surface area contributed by atoms with E-state index in [1.807, 2.05) is 42.1 Å². The van der Waals surface area contributed by atoms with Gasteiger partial charge in [-0.3, -0.25) is 9.48 Å². The molecule has 1 aromatic carbocycles. The van der Waals surface area contributed by atoms with E-state index >= 15 is 0 Å². The van der Waals surface area contributed by atoms with Gasteiger partial charge in [0.05, 0.1) is 0 Å². The van der Waals surface area contributed by atoms with Crippen LogP contribution in [0.5, 0.6) is 0 Å². The molecule has 0 saturated heterocycles. The minimum atomic E-state index is -0.0385. The molecule has 4 rings (SSSR count). The van der Waals surface area contributed by atoms with Crippen molar-refractivity contribution in [2.45, 2.75) is 13.0 Å². The van der Waals surface area contributed by atoms with Crippen LogP contribution in [0.1, 0.15) is 11.3 Å². The molecule has 26 heavy (non-hydrogen) atoms. The van der Waals surface area contributed by atoms with E-state index in [-0.39, 0.29) is 12.5 Å².